The second kappa shape index (κ2) is 6.39. The van der Waals surface area contributed by atoms with E-state index in [-0.39, 0.29) is 16.0 Å². The Bertz CT molecular complexity index is 659. The van der Waals surface area contributed by atoms with E-state index in [2.05, 4.69) is 21.2 Å². The summed E-state index contributed by atoms with van der Waals surface area (Å²) in [7, 11) is -4.23. The van der Waals surface area contributed by atoms with E-state index in [0.29, 0.717) is 19.8 Å². The second-order valence-corrected chi connectivity index (χ2v) is 7.13. The molecule has 0 aromatic heterocycles. The van der Waals surface area contributed by atoms with E-state index in [1.54, 1.807) is 0 Å². The molecule has 1 saturated heterocycles. The van der Waals surface area contributed by atoms with Gasteiger partial charge in [0.25, 0.3) is 5.91 Å². The maximum absolute atomic E-state index is 13.6. The van der Waals surface area contributed by atoms with Gasteiger partial charge in [0.15, 0.2) is 0 Å². The third-order valence-corrected chi connectivity index (χ3v) is 4.73. The third kappa shape index (κ3) is 4.00. The van der Waals surface area contributed by atoms with Gasteiger partial charge < -0.3 is 10.1 Å². The molecular weight excluding hydrogens is 367 g/mol. The molecule has 1 heterocycles. The average Bonchev–Trinajstić information content (AvgIpc) is 2.87. The first-order chi connectivity index (χ1) is 9.79. The van der Waals surface area contributed by atoms with Crippen LogP contribution in [0, 0.1) is 11.7 Å². The Labute approximate surface area is 130 Å². The van der Waals surface area contributed by atoms with Crippen molar-refractivity contribution in [3.63, 3.8) is 0 Å². The topological polar surface area (TPSA) is 98.5 Å². The van der Waals surface area contributed by atoms with E-state index in [9.17, 15) is 17.6 Å². The van der Waals surface area contributed by atoms with E-state index >= 15 is 0 Å². The molecule has 1 aromatic carbocycles. The predicted octanol–water partition coefficient (Wildman–Crippen LogP) is 1.00. The normalized spacial score (nSPS) is 18.7. The average molecular weight is 381 g/mol. The number of halogens is 2. The number of benzene rings is 1. The predicted molar refractivity (Wildman–Crippen MR) is 76.7 cm³/mol. The van der Waals surface area contributed by atoms with Crippen LogP contribution >= 0.6 is 15.9 Å². The fraction of sp³-hybridized carbons (Fsp3) is 0.417. The number of carbonyl (C=O) groups excluding carboxylic acids is 1. The quantitative estimate of drug-likeness (QED) is 0.813. The van der Waals surface area contributed by atoms with Gasteiger partial charge in [0.1, 0.15) is 10.7 Å². The number of sulfonamides is 1. The smallest absolute Gasteiger partial charge is 0.252 e. The summed E-state index contributed by atoms with van der Waals surface area (Å²) in [6.07, 6.45) is 0.854. The number of nitrogens with two attached hydrogens (primary N) is 1. The summed E-state index contributed by atoms with van der Waals surface area (Å²) in [6, 6.07) is 1.84. The number of ether oxygens (including phenoxy) is 1. The van der Waals surface area contributed by atoms with E-state index in [4.69, 9.17) is 9.88 Å². The highest BCUT2D eigenvalue weighted by atomic mass is 79.9. The molecule has 0 aliphatic carbocycles. The maximum Gasteiger partial charge on any atom is 0.252 e. The Morgan fingerprint density at radius 3 is 2.81 bits per heavy atom. The molecule has 1 aliphatic rings. The van der Waals surface area contributed by atoms with Crippen LogP contribution in [0.25, 0.3) is 0 Å². The molecule has 1 aromatic rings. The number of rotatable bonds is 4. The zero-order chi connectivity index (χ0) is 15.6. The van der Waals surface area contributed by atoms with Crippen LogP contribution in [-0.2, 0) is 14.8 Å². The van der Waals surface area contributed by atoms with Gasteiger partial charge in [-0.2, -0.15) is 0 Å². The van der Waals surface area contributed by atoms with Gasteiger partial charge >= 0.3 is 0 Å². The maximum atomic E-state index is 13.6. The molecule has 0 bridgehead atoms. The summed E-state index contributed by atoms with van der Waals surface area (Å²) in [6.45, 7) is 1.65. The fourth-order valence-corrected chi connectivity index (χ4v) is 3.11. The lowest BCUT2D eigenvalue weighted by Gasteiger charge is -2.11. The first-order valence-electron chi connectivity index (χ1n) is 6.17. The van der Waals surface area contributed by atoms with Crippen molar-refractivity contribution in [1.82, 2.24) is 5.32 Å². The zero-order valence-electron chi connectivity index (χ0n) is 10.9. The number of amides is 1. The van der Waals surface area contributed by atoms with Crippen LogP contribution in [0.15, 0.2) is 21.5 Å². The summed E-state index contributed by atoms with van der Waals surface area (Å²) >= 11 is 3.04. The summed E-state index contributed by atoms with van der Waals surface area (Å²) in [5.74, 6) is -1.28. The van der Waals surface area contributed by atoms with E-state index in [0.717, 1.165) is 18.6 Å². The zero-order valence-corrected chi connectivity index (χ0v) is 13.3. The molecule has 1 aliphatic heterocycles. The van der Waals surface area contributed by atoms with Crippen molar-refractivity contribution in [2.75, 3.05) is 19.8 Å². The van der Waals surface area contributed by atoms with Gasteiger partial charge in [-0.25, -0.2) is 17.9 Å². The molecule has 1 atom stereocenters. The third-order valence-electron chi connectivity index (χ3n) is 3.15. The first kappa shape index (κ1) is 16.3. The minimum absolute atomic E-state index is 0.0133. The van der Waals surface area contributed by atoms with Gasteiger partial charge in [0.2, 0.25) is 10.0 Å². The molecule has 1 fully saturated rings. The minimum atomic E-state index is -4.23. The van der Waals surface area contributed by atoms with Gasteiger partial charge in [-0.15, -0.1) is 0 Å². The van der Waals surface area contributed by atoms with Gasteiger partial charge in [-0.05, 0) is 34.5 Å². The van der Waals surface area contributed by atoms with Crippen LogP contribution < -0.4 is 10.5 Å². The molecule has 0 spiro atoms. The van der Waals surface area contributed by atoms with Crippen molar-refractivity contribution in [3.05, 3.63) is 28.0 Å². The van der Waals surface area contributed by atoms with Crippen molar-refractivity contribution in [2.24, 2.45) is 11.1 Å². The van der Waals surface area contributed by atoms with Crippen molar-refractivity contribution < 1.29 is 22.3 Å². The molecule has 9 heteroatoms. The van der Waals surface area contributed by atoms with E-state index < -0.39 is 26.6 Å². The Kier molecular flexibility index (Phi) is 4.97. The van der Waals surface area contributed by atoms with Gasteiger partial charge in [-0.3, -0.25) is 4.79 Å². The molecule has 116 valence electrons. The van der Waals surface area contributed by atoms with Crippen molar-refractivity contribution in [2.45, 2.75) is 11.3 Å². The summed E-state index contributed by atoms with van der Waals surface area (Å²) in [5.41, 5.74) is 0.0133. The van der Waals surface area contributed by atoms with E-state index in [1.165, 1.54) is 0 Å². The fourth-order valence-electron chi connectivity index (χ4n) is 2.00. The number of primary sulfonamides is 1. The number of carbonyl (C=O) groups is 1. The first-order valence-corrected chi connectivity index (χ1v) is 8.50. The molecule has 2 rings (SSSR count). The number of nitrogens with one attached hydrogen (secondary N) is 1. The van der Waals surface area contributed by atoms with Crippen LogP contribution in [0.2, 0.25) is 0 Å². The van der Waals surface area contributed by atoms with Crippen LogP contribution in [0.5, 0.6) is 0 Å². The second-order valence-electron chi connectivity index (χ2n) is 4.75. The Morgan fingerprint density at radius 1 is 1.52 bits per heavy atom. The molecule has 0 radical (unpaired) electrons. The van der Waals surface area contributed by atoms with Crippen LogP contribution in [-0.4, -0.2) is 34.1 Å². The number of hydrogen-bond donors (Lipinski definition) is 2. The summed E-state index contributed by atoms with van der Waals surface area (Å²) in [4.78, 5) is 11.4. The van der Waals surface area contributed by atoms with Crippen molar-refractivity contribution in [1.29, 1.82) is 0 Å². The molecule has 0 saturated carbocycles. The molecule has 3 N–H and O–H groups in total. The largest absolute Gasteiger partial charge is 0.381 e. The molecular formula is C12H14BrFN2O4S. The standard InChI is InChI=1S/C12H14BrFN2O4S/c13-9-4-10(14)11(21(15,18)19)3-8(9)12(17)16-5-7-1-2-20-6-7/h3-4,7H,1-2,5-6H2,(H,16,17)(H2,15,18,19). The highest BCUT2D eigenvalue weighted by Gasteiger charge is 2.22. The number of hydrogen-bond acceptors (Lipinski definition) is 4. The molecule has 6 nitrogen and oxygen atoms in total. The Hall–Kier alpha value is -1.03. The lowest BCUT2D eigenvalue weighted by atomic mass is 10.1. The Balaban J connectivity index is 2.20. The van der Waals surface area contributed by atoms with Gasteiger partial charge in [0.05, 0.1) is 12.2 Å². The lowest BCUT2D eigenvalue weighted by molar-refractivity contribution is 0.0944. The van der Waals surface area contributed by atoms with E-state index in [1.807, 2.05) is 0 Å². The molecule has 1 unspecified atom stereocenters. The van der Waals surface area contributed by atoms with Crippen LogP contribution in [0.1, 0.15) is 16.8 Å². The Morgan fingerprint density at radius 2 is 2.24 bits per heavy atom. The highest BCUT2D eigenvalue weighted by Crippen LogP contribution is 2.24. The highest BCUT2D eigenvalue weighted by molar-refractivity contribution is 9.10. The van der Waals surface area contributed by atoms with Gasteiger partial charge in [0, 0.05) is 23.5 Å². The lowest BCUT2D eigenvalue weighted by Crippen LogP contribution is -2.30. The minimum Gasteiger partial charge on any atom is -0.381 e. The summed E-state index contributed by atoms with van der Waals surface area (Å²) < 4.78 is 41.5. The SMILES string of the molecule is NS(=O)(=O)c1cc(C(=O)NCC2CCOC2)c(Br)cc1F. The summed E-state index contributed by atoms with van der Waals surface area (Å²) in [5, 5.41) is 7.59. The van der Waals surface area contributed by atoms with Crippen LogP contribution in [0.4, 0.5) is 4.39 Å². The van der Waals surface area contributed by atoms with Crippen molar-refractivity contribution >= 4 is 31.9 Å². The van der Waals surface area contributed by atoms with Crippen molar-refractivity contribution in [3.8, 4) is 0 Å². The van der Waals surface area contributed by atoms with Crippen LogP contribution in [0.3, 0.4) is 0 Å². The monoisotopic (exact) mass is 380 g/mol. The van der Waals surface area contributed by atoms with Gasteiger partial charge in [-0.1, -0.05) is 0 Å². The molecule has 21 heavy (non-hydrogen) atoms. The molecule has 1 amide bonds.